The van der Waals surface area contributed by atoms with Crippen LogP contribution in [0.25, 0.3) is 0 Å². The van der Waals surface area contributed by atoms with E-state index < -0.39 is 24.3 Å². The molecule has 0 radical (unpaired) electrons. The quantitative estimate of drug-likeness (QED) is 0.653. The molecule has 0 heterocycles. The molecule has 148 valence electrons. The fourth-order valence-electron chi connectivity index (χ4n) is 2.66. The van der Waals surface area contributed by atoms with Gasteiger partial charge < -0.3 is 20.1 Å². The molecular formula is C21H24N2O5. The molecule has 28 heavy (non-hydrogen) atoms. The molecule has 0 aromatic heterocycles. The fraction of sp³-hybridized carbons (Fsp3) is 0.286. The third-order valence-electron chi connectivity index (χ3n) is 4.02. The van der Waals surface area contributed by atoms with E-state index in [0.29, 0.717) is 24.3 Å². The molecule has 7 heteroatoms. The molecule has 2 rings (SSSR count). The Morgan fingerprint density at radius 2 is 1.71 bits per heavy atom. The Morgan fingerprint density at radius 3 is 2.39 bits per heavy atom. The summed E-state index contributed by atoms with van der Waals surface area (Å²) in [7, 11) is 0. The Morgan fingerprint density at radius 1 is 1.04 bits per heavy atom. The molecule has 2 N–H and O–H groups in total. The van der Waals surface area contributed by atoms with Gasteiger partial charge in [-0.2, -0.15) is 0 Å². The topological polar surface area (TPSA) is 95.9 Å². The van der Waals surface area contributed by atoms with Crippen molar-refractivity contribution in [1.82, 2.24) is 10.2 Å². The first-order valence-electron chi connectivity index (χ1n) is 9.04. The number of carboxylic acid groups (broad SMARTS) is 1. The van der Waals surface area contributed by atoms with Gasteiger partial charge in [0.15, 0.2) is 0 Å². The molecule has 7 nitrogen and oxygen atoms in total. The second kappa shape index (κ2) is 10.7. The molecular weight excluding hydrogens is 360 g/mol. The van der Waals surface area contributed by atoms with Crippen LogP contribution in [-0.2, 0) is 16.0 Å². The van der Waals surface area contributed by atoms with Crippen LogP contribution in [-0.4, -0.2) is 54.0 Å². The van der Waals surface area contributed by atoms with Gasteiger partial charge in [0.2, 0.25) is 5.91 Å². The molecule has 0 bridgehead atoms. The van der Waals surface area contributed by atoms with Crippen LogP contribution in [0, 0.1) is 0 Å². The summed E-state index contributed by atoms with van der Waals surface area (Å²) < 4.78 is 5.42. The van der Waals surface area contributed by atoms with Crippen LogP contribution in [0.5, 0.6) is 5.75 Å². The lowest BCUT2D eigenvalue weighted by atomic mass is 10.1. The van der Waals surface area contributed by atoms with Crippen LogP contribution in [0.3, 0.4) is 0 Å². The van der Waals surface area contributed by atoms with Crippen molar-refractivity contribution >= 4 is 17.8 Å². The van der Waals surface area contributed by atoms with Crippen LogP contribution in [0.15, 0.2) is 54.6 Å². The van der Waals surface area contributed by atoms with E-state index in [0.717, 1.165) is 5.56 Å². The summed E-state index contributed by atoms with van der Waals surface area (Å²) in [6, 6.07) is 16.2. The number of para-hydroxylation sites is 1. The normalized spacial score (nSPS) is 10.2. The van der Waals surface area contributed by atoms with E-state index in [1.807, 2.05) is 37.3 Å². The van der Waals surface area contributed by atoms with E-state index >= 15 is 0 Å². The van der Waals surface area contributed by atoms with Crippen molar-refractivity contribution in [2.45, 2.75) is 13.3 Å². The highest BCUT2D eigenvalue weighted by Crippen LogP contribution is 2.17. The number of rotatable bonds is 10. The number of ether oxygens (including phenoxy) is 1. The van der Waals surface area contributed by atoms with Crippen molar-refractivity contribution in [1.29, 1.82) is 0 Å². The Hall–Kier alpha value is -3.35. The molecule has 0 spiro atoms. The lowest BCUT2D eigenvalue weighted by molar-refractivity contribution is -0.144. The monoisotopic (exact) mass is 384 g/mol. The number of benzene rings is 2. The summed E-state index contributed by atoms with van der Waals surface area (Å²) in [5.41, 5.74) is 1.33. The zero-order valence-electron chi connectivity index (χ0n) is 15.8. The maximum Gasteiger partial charge on any atom is 0.323 e. The highest BCUT2D eigenvalue weighted by atomic mass is 16.5. The first-order valence-corrected chi connectivity index (χ1v) is 9.04. The zero-order valence-corrected chi connectivity index (χ0v) is 15.8. The number of hydrogen-bond acceptors (Lipinski definition) is 4. The molecule has 0 aliphatic carbocycles. The van der Waals surface area contributed by atoms with Gasteiger partial charge >= 0.3 is 5.97 Å². The van der Waals surface area contributed by atoms with Gasteiger partial charge in [0.05, 0.1) is 18.7 Å². The minimum Gasteiger partial charge on any atom is -0.493 e. The molecule has 0 saturated carbocycles. The van der Waals surface area contributed by atoms with Crippen LogP contribution in [0.1, 0.15) is 22.8 Å². The Balaban J connectivity index is 1.97. The van der Waals surface area contributed by atoms with Crippen LogP contribution in [0.2, 0.25) is 0 Å². The van der Waals surface area contributed by atoms with Crippen LogP contribution in [0.4, 0.5) is 0 Å². The SMILES string of the molecule is CCOc1ccccc1C(=O)NCC(=O)N(CCc1ccccc1)CC(=O)O. The third kappa shape index (κ3) is 6.42. The van der Waals surface area contributed by atoms with E-state index in [-0.39, 0.29) is 13.1 Å². The average molecular weight is 384 g/mol. The first kappa shape index (κ1) is 21.0. The van der Waals surface area contributed by atoms with Gasteiger partial charge in [-0.3, -0.25) is 14.4 Å². The highest BCUT2D eigenvalue weighted by Gasteiger charge is 2.19. The molecule has 0 fully saturated rings. The number of carbonyl (C=O) groups excluding carboxylic acids is 2. The van der Waals surface area contributed by atoms with E-state index in [9.17, 15) is 14.4 Å². The van der Waals surface area contributed by atoms with E-state index in [4.69, 9.17) is 9.84 Å². The van der Waals surface area contributed by atoms with Crippen molar-refractivity contribution < 1.29 is 24.2 Å². The number of hydrogen-bond donors (Lipinski definition) is 2. The van der Waals surface area contributed by atoms with Gasteiger partial charge in [-0.25, -0.2) is 0 Å². The number of nitrogens with zero attached hydrogens (tertiary/aromatic N) is 1. The van der Waals surface area contributed by atoms with Gasteiger partial charge in [-0.05, 0) is 31.0 Å². The maximum absolute atomic E-state index is 12.5. The summed E-state index contributed by atoms with van der Waals surface area (Å²) >= 11 is 0. The maximum atomic E-state index is 12.5. The van der Waals surface area contributed by atoms with Gasteiger partial charge in [0.1, 0.15) is 12.3 Å². The zero-order chi connectivity index (χ0) is 20.4. The predicted octanol–water partition coefficient (Wildman–Crippen LogP) is 1.97. The predicted molar refractivity (Wildman–Crippen MR) is 104 cm³/mol. The van der Waals surface area contributed by atoms with E-state index in [1.54, 1.807) is 24.3 Å². The Kier molecular flexibility index (Phi) is 8.02. The minimum absolute atomic E-state index is 0.251. The smallest absolute Gasteiger partial charge is 0.323 e. The highest BCUT2D eigenvalue weighted by molar-refractivity contribution is 5.98. The Labute approximate surface area is 163 Å². The van der Waals surface area contributed by atoms with Gasteiger partial charge in [0.25, 0.3) is 5.91 Å². The molecule has 2 amide bonds. The van der Waals surface area contributed by atoms with Crippen molar-refractivity contribution in [3.05, 3.63) is 65.7 Å². The van der Waals surface area contributed by atoms with Gasteiger partial charge in [-0.15, -0.1) is 0 Å². The summed E-state index contributed by atoms with van der Waals surface area (Å²) in [5.74, 6) is -1.58. The first-order chi connectivity index (χ1) is 13.5. The standard InChI is InChI=1S/C21H24N2O5/c1-2-28-18-11-7-6-10-17(18)21(27)22-14-19(24)23(15-20(25)26)13-12-16-8-4-3-5-9-16/h3-11H,2,12-15H2,1H3,(H,22,27)(H,25,26). The second-order valence-corrected chi connectivity index (χ2v) is 6.06. The molecule has 0 aliphatic heterocycles. The summed E-state index contributed by atoms with van der Waals surface area (Å²) in [4.78, 5) is 37.2. The summed E-state index contributed by atoms with van der Waals surface area (Å²) in [5, 5.41) is 11.6. The average Bonchev–Trinajstić information content (AvgIpc) is 2.70. The Bertz CT molecular complexity index is 807. The van der Waals surface area contributed by atoms with Crippen LogP contribution >= 0.6 is 0 Å². The van der Waals surface area contributed by atoms with Crippen molar-refractivity contribution in [2.75, 3.05) is 26.2 Å². The van der Waals surface area contributed by atoms with Gasteiger partial charge in [-0.1, -0.05) is 42.5 Å². The van der Waals surface area contributed by atoms with Crippen molar-refractivity contribution in [3.8, 4) is 5.75 Å². The molecule has 0 saturated heterocycles. The van der Waals surface area contributed by atoms with Crippen molar-refractivity contribution in [3.63, 3.8) is 0 Å². The third-order valence-corrected chi connectivity index (χ3v) is 4.02. The lowest BCUT2D eigenvalue weighted by Crippen LogP contribution is -2.43. The number of aliphatic carboxylic acids is 1. The second-order valence-electron chi connectivity index (χ2n) is 6.06. The molecule has 0 atom stereocenters. The van der Waals surface area contributed by atoms with Gasteiger partial charge in [0, 0.05) is 6.54 Å². The number of carbonyl (C=O) groups is 3. The summed E-state index contributed by atoms with van der Waals surface area (Å²) in [6.45, 7) is 1.77. The lowest BCUT2D eigenvalue weighted by Gasteiger charge is -2.21. The summed E-state index contributed by atoms with van der Waals surface area (Å²) in [6.07, 6.45) is 0.529. The molecule has 0 aliphatic rings. The number of nitrogens with one attached hydrogen (secondary N) is 1. The number of amides is 2. The van der Waals surface area contributed by atoms with Crippen LogP contribution < -0.4 is 10.1 Å². The molecule has 0 unspecified atom stereocenters. The fourth-order valence-corrected chi connectivity index (χ4v) is 2.66. The molecule has 2 aromatic carbocycles. The minimum atomic E-state index is -1.10. The van der Waals surface area contributed by atoms with E-state index in [2.05, 4.69) is 5.32 Å². The van der Waals surface area contributed by atoms with Crippen molar-refractivity contribution in [2.24, 2.45) is 0 Å². The van der Waals surface area contributed by atoms with E-state index in [1.165, 1.54) is 4.90 Å². The number of carboxylic acids is 1. The molecule has 2 aromatic rings. The largest absolute Gasteiger partial charge is 0.493 e.